The van der Waals surface area contributed by atoms with E-state index in [0.717, 1.165) is 0 Å². The SMILES string of the molecule is C[C@H](Oc1ccccc1[N+](=O)[O-])C(=O)Nc1nccs1. The number of carbonyl (C=O) groups excluding carboxylic acids is 1. The van der Waals surface area contributed by atoms with Gasteiger partial charge in [0.25, 0.3) is 5.91 Å². The molecular formula is C12H11N3O4S. The Morgan fingerprint density at radius 3 is 2.90 bits per heavy atom. The van der Waals surface area contributed by atoms with Crippen LogP contribution >= 0.6 is 11.3 Å². The Bertz CT molecular complexity index is 615. The minimum absolute atomic E-state index is 0.0549. The summed E-state index contributed by atoms with van der Waals surface area (Å²) in [7, 11) is 0. The first-order valence-corrected chi connectivity index (χ1v) is 6.56. The molecule has 0 saturated heterocycles. The van der Waals surface area contributed by atoms with Crippen molar-refractivity contribution in [3.63, 3.8) is 0 Å². The molecule has 1 aromatic heterocycles. The molecule has 0 aliphatic carbocycles. The number of thiazole rings is 1. The molecule has 1 N–H and O–H groups in total. The average molecular weight is 293 g/mol. The number of nitro benzene ring substituents is 1. The van der Waals surface area contributed by atoms with E-state index in [1.807, 2.05) is 0 Å². The molecule has 0 bridgehead atoms. The standard InChI is InChI=1S/C12H11N3O4S/c1-8(11(16)14-12-13-6-7-20-12)19-10-5-3-2-4-9(10)15(17)18/h2-8H,1H3,(H,13,14,16)/t8-/m0/s1. The molecule has 2 aromatic rings. The molecule has 0 unspecified atom stereocenters. The predicted molar refractivity (Wildman–Crippen MR) is 73.9 cm³/mol. The summed E-state index contributed by atoms with van der Waals surface area (Å²) >= 11 is 1.28. The molecule has 7 nitrogen and oxygen atoms in total. The summed E-state index contributed by atoms with van der Waals surface area (Å²) < 4.78 is 5.34. The summed E-state index contributed by atoms with van der Waals surface area (Å²) in [4.78, 5) is 26.1. The lowest BCUT2D eigenvalue weighted by molar-refractivity contribution is -0.386. The number of carbonyl (C=O) groups is 1. The Balaban J connectivity index is 2.06. The molecule has 0 fully saturated rings. The lowest BCUT2D eigenvalue weighted by Gasteiger charge is -2.13. The zero-order valence-electron chi connectivity index (χ0n) is 10.5. The zero-order valence-corrected chi connectivity index (χ0v) is 11.3. The lowest BCUT2D eigenvalue weighted by atomic mass is 10.3. The van der Waals surface area contributed by atoms with Crippen LogP contribution in [0.5, 0.6) is 5.75 Å². The molecule has 1 atom stereocenters. The Morgan fingerprint density at radius 1 is 1.50 bits per heavy atom. The fourth-order valence-corrected chi connectivity index (χ4v) is 1.98. The van der Waals surface area contributed by atoms with Gasteiger partial charge in [0.05, 0.1) is 4.92 Å². The second kappa shape index (κ2) is 6.11. The van der Waals surface area contributed by atoms with Crippen LogP contribution in [0.25, 0.3) is 0 Å². The van der Waals surface area contributed by atoms with Crippen molar-refractivity contribution in [2.45, 2.75) is 13.0 Å². The number of ether oxygens (including phenoxy) is 1. The summed E-state index contributed by atoms with van der Waals surface area (Å²) in [5.41, 5.74) is -0.179. The lowest BCUT2D eigenvalue weighted by Crippen LogP contribution is -2.30. The van der Waals surface area contributed by atoms with Crippen molar-refractivity contribution in [1.29, 1.82) is 0 Å². The van der Waals surface area contributed by atoms with E-state index in [4.69, 9.17) is 4.74 Å². The van der Waals surface area contributed by atoms with E-state index < -0.39 is 16.9 Å². The van der Waals surface area contributed by atoms with Crippen LogP contribution in [0.2, 0.25) is 0 Å². The number of aromatic nitrogens is 1. The highest BCUT2D eigenvalue weighted by Crippen LogP contribution is 2.27. The number of benzene rings is 1. The number of hydrogen-bond acceptors (Lipinski definition) is 6. The maximum Gasteiger partial charge on any atom is 0.310 e. The van der Waals surface area contributed by atoms with Crippen LogP contribution in [0.15, 0.2) is 35.8 Å². The number of anilines is 1. The van der Waals surface area contributed by atoms with Crippen LogP contribution in [0.4, 0.5) is 10.8 Å². The van der Waals surface area contributed by atoms with Gasteiger partial charge in [-0.2, -0.15) is 0 Å². The summed E-state index contributed by atoms with van der Waals surface area (Å²) in [5.74, 6) is -0.364. The zero-order chi connectivity index (χ0) is 14.5. The van der Waals surface area contributed by atoms with E-state index in [0.29, 0.717) is 5.13 Å². The number of para-hydroxylation sites is 2. The predicted octanol–water partition coefficient (Wildman–Crippen LogP) is 2.46. The normalized spacial score (nSPS) is 11.7. The highest BCUT2D eigenvalue weighted by atomic mass is 32.1. The van der Waals surface area contributed by atoms with Gasteiger partial charge < -0.3 is 4.74 Å². The number of amides is 1. The fourth-order valence-electron chi connectivity index (χ4n) is 1.44. The minimum atomic E-state index is -0.875. The van der Waals surface area contributed by atoms with Gasteiger partial charge in [-0.3, -0.25) is 20.2 Å². The van der Waals surface area contributed by atoms with E-state index in [1.165, 1.54) is 36.5 Å². The molecule has 8 heteroatoms. The van der Waals surface area contributed by atoms with Gasteiger partial charge in [-0.25, -0.2) is 4.98 Å². The Hall–Kier alpha value is -2.48. The van der Waals surface area contributed by atoms with Crippen molar-refractivity contribution in [2.75, 3.05) is 5.32 Å². The first kappa shape index (κ1) is 13.9. The van der Waals surface area contributed by atoms with Gasteiger partial charge in [-0.05, 0) is 13.0 Å². The summed E-state index contributed by atoms with van der Waals surface area (Å²) in [6.07, 6.45) is 0.688. The second-order valence-electron chi connectivity index (χ2n) is 3.81. The molecule has 20 heavy (non-hydrogen) atoms. The largest absolute Gasteiger partial charge is 0.474 e. The molecule has 1 amide bonds. The van der Waals surface area contributed by atoms with Crippen LogP contribution in [0.1, 0.15) is 6.92 Å². The first-order valence-electron chi connectivity index (χ1n) is 5.68. The summed E-state index contributed by atoms with van der Waals surface area (Å²) in [5, 5.41) is 15.6. The van der Waals surface area contributed by atoms with Crippen LogP contribution in [0.3, 0.4) is 0 Å². The minimum Gasteiger partial charge on any atom is -0.474 e. The van der Waals surface area contributed by atoms with Crippen molar-refractivity contribution < 1.29 is 14.5 Å². The summed E-state index contributed by atoms with van der Waals surface area (Å²) in [6.45, 7) is 1.51. The number of hydrogen-bond donors (Lipinski definition) is 1. The Labute approximate surface area is 118 Å². The van der Waals surface area contributed by atoms with Crippen LogP contribution in [-0.2, 0) is 4.79 Å². The molecule has 0 saturated carbocycles. The molecule has 0 spiro atoms. The summed E-state index contributed by atoms with van der Waals surface area (Å²) in [6, 6.07) is 5.91. The Kier molecular flexibility index (Phi) is 4.26. The second-order valence-corrected chi connectivity index (χ2v) is 4.71. The molecule has 1 aromatic carbocycles. The quantitative estimate of drug-likeness (QED) is 0.675. The van der Waals surface area contributed by atoms with Gasteiger partial charge in [-0.1, -0.05) is 12.1 Å². The van der Waals surface area contributed by atoms with Crippen LogP contribution in [0, 0.1) is 10.1 Å². The molecule has 2 rings (SSSR count). The first-order chi connectivity index (χ1) is 9.58. The van der Waals surface area contributed by atoms with Crippen molar-refractivity contribution in [3.05, 3.63) is 46.0 Å². The topological polar surface area (TPSA) is 94.4 Å². The fraction of sp³-hybridized carbons (Fsp3) is 0.167. The maximum atomic E-state index is 11.9. The van der Waals surface area contributed by atoms with Gasteiger partial charge in [0.1, 0.15) is 0 Å². The number of rotatable bonds is 5. The average Bonchev–Trinajstić information content (AvgIpc) is 2.91. The van der Waals surface area contributed by atoms with E-state index in [9.17, 15) is 14.9 Å². The van der Waals surface area contributed by atoms with Gasteiger partial charge >= 0.3 is 5.69 Å². The number of nitrogens with one attached hydrogen (secondary N) is 1. The highest BCUT2D eigenvalue weighted by molar-refractivity contribution is 7.13. The van der Waals surface area contributed by atoms with E-state index in [1.54, 1.807) is 17.6 Å². The number of nitrogens with zero attached hydrogens (tertiary/aromatic N) is 2. The van der Waals surface area contributed by atoms with Crippen molar-refractivity contribution >= 4 is 28.1 Å². The van der Waals surface area contributed by atoms with E-state index in [-0.39, 0.29) is 11.4 Å². The van der Waals surface area contributed by atoms with Crippen molar-refractivity contribution in [3.8, 4) is 5.75 Å². The third kappa shape index (κ3) is 3.29. The molecule has 0 aliphatic rings. The van der Waals surface area contributed by atoms with Crippen LogP contribution < -0.4 is 10.1 Å². The van der Waals surface area contributed by atoms with Gasteiger partial charge in [-0.15, -0.1) is 11.3 Å². The third-order valence-electron chi connectivity index (χ3n) is 2.40. The monoisotopic (exact) mass is 293 g/mol. The van der Waals surface area contributed by atoms with E-state index in [2.05, 4.69) is 10.3 Å². The van der Waals surface area contributed by atoms with E-state index >= 15 is 0 Å². The smallest absolute Gasteiger partial charge is 0.310 e. The third-order valence-corrected chi connectivity index (χ3v) is 3.09. The van der Waals surface area contributed by atoms with Crippen molar-refractivity contribution in [2.24, 2.45) is 0 Å². The molecule has 0 aliphatic heterocycles. The van der Waals surface area contributed by atoms with Crippen molar-refractivity contribution in [1.82, 2.24) is 4.98 Å². The van der Waals surface area contributed by atoms with Gasteiger partial charge in [0.15, 0.2) is 17.0 Å². The van der Waals surface area contributed by atoms with Gasteiger partial charge in [0.2, 0.25) is 0 Å². The maximum absolute atomic E-state index is 11.9. The van der Waals surface area contributed by atoms with Gasteiger partial charge in [0, 0.05) is 17.6 Å². The van der Waals surface area contributed by atoms with Crippen LogP contribution in [-0.4, -0.2) is 21.9 Å². The Morgan fingerprint density at radius 2 is 2.25 bits per heavy atom. The highest BCUT2D eigenvalue weighted by Gasteiger charge is 2.21. The molecule has 1 heterocycles. The number of nitro groups is 1. The molecular weight excluding hydrogens is 282 g/mol. The molecule has 104 valence electrons. The molecule has 0 radical (unpaired) electrons.